The second-order valence-electron chi connectivity index (χ2n) is 5.52. The van der Waals surface area contributed by atoms with Crippen LogP contribution >= 0.6 is 0 Å². The van der Waals surface area contributed by atoms with E-state index >= 15 is 0 Å². The molecule has 3 nitrogen and oxygen atoms in total. The molecule has 0 aliphatic heterocycles. The Morgan fingerprint density at radius 1 is 1.32 bits per heavy atom. The third kappa shape index (κ3) is 2.23. The predicted molar refractivity (Wildman–Crippen MR) is 75.9 cm³/mol. The molecule has 98 valence electrons. The molecule has 1 heterocycles. The number of imidazole rings is 1. The van der Waals surface area contributed by atoms with Gasteiger partial charge >= 0.3 is 0 Å². The van der Waals surface area contributed by atoms with Crippen LogP contribution in [0.5, 0.6) is 0 Å². The lowest BCUT2D eigenvalue weighted by Gasteiger charge is -2.20. The highest BCUT2D eigenvalue weighted by atomic mass is 15.1. The van der Waals surface area contributed by atoms with Gasteiger partial charge in [0.1, 0.15) is 5.82 Å². The van der Waals surface area contributed by atoms with Gasteiger partial charge in [-0.1, -0.05) is 25.3 Å². The van der Waals surface area contributed by atoms with Crippen LogP contribution in [0, 0.1) is 11.3 Å². The summed E-state index contributed by atoms with van der Waals surface area (Å²) in [6, 6.07) is 8.40. The molecule has 1 fully saturated rings. The summed E-state index contributed by atoms with van der Waals surface area (Å²) in [5.74, 6) is 1.84. The summed E-state index contributed by atoms with van der Waals surface area (Å²) in [7, 11) is 2.11. The van der Waals surface area contributed by atoms with Crippen LogP contribution in [0.25, 0.3) is 11.0 Å². The maximum Gasteiger partial charge on any atom is 0.112 e. The molecule has 2 aromatic rings. The summed E-state index contributed by atoms with van der Waals surface area (Å²) in [5, 5.41) is 8.78. The molecule has 0 bridgehead atoms. The van der Waals surface area contributed by atoms with E-state index in [1.165, 1.54) is 43.4 Å². The van der Waals surface area contributed by atoms with E-state index in [-0.39, 0.29) is 0 Å². The van der Waals surface area contributed by atoms with E-state index in [4.69, 9.17) is 10.2 Å². The van der Waals surface area contributed by atoms with Crippen LogP contribution in [-0.4, -0.2) is 9.55 Å². The van der Waals surface area contributed by atoms with Crippen molar-refractivity contribution in [3.8, 4) is 6.07 Å². The molecule has 0 saturated heterocycles. The molecular weight excluding hydrogens is 234 g/mol. The molecule has 1 aliphatic rings. The molecular formula is C16H19N3. The van der Waals surface area contributed by atoms with Gasteiger partial charge < -0.3 is 4.57 Å². The summed E-state index contributed by atoms with van der Waals surface area (Å²) in [6.45, 7) is 0. The number of hydrogen-bond acceptors (Lipinski definition) is 2. The molecule has 0 N–H and O–H groups in total. The number of nitriles is 1. The summed E-state index contributed by atoms with van der Waals surface area (Å²) in [6.07, 6.45) is 7.02. The minimum absolute atomic E-state index is 0.464. The van der Waals surface area contributed by atoms with Crippen molar-refractivity contribution < 1.29 is 0 Å². The van der Waals surface area contributed by atoms with E-state index < -0.39 is 0 Å². The first kappa shape index (κ1) is 12.2. The zero-order valence-corrected chi connectivity index (χ0v) is 11.4. The number of fused-ring (bicyclic) bond motifs is 1. The Kier molecular flexibility index (Phi) is 3.25. The minimum Gasteiger partial charge on any atom is -0.331 e. The average Bonchev–Trinajstić information content (AvgIpc) is 2.77. The van der Waals surface area contributed by atoms with Crippen molar-refractivity contribution in [1.29, 1.82) is 5.26 Å². The first-order valence-electron chi connectivity index (χ1n) is 7.12. The SMILES string of the molecule is Cn1c(C2CCCCC2)nc2cc(CC#N)ccc21. The Labute approximate surface area is 113 Å². The van der Waals surface area contributed by atoms with E-state index in [0.29, 0.717) is 12.3 Å². The topological polar surface area (TPSA) is 41.6 Å². The van der Waals surface area contributed by atoms with E-state index in [2.05, 4.69) is 29.8 Å². The molecule has 3 rings (SSSR count). The van der Waals surface area contributed by atoms with E-state index in [1.807, 2.05) is 6.07 Å². The normalized spacial score (nSPS) is 16.6. The molecule has 0 amide bonds. The predicted octanol–water partition coefficient (Wildman–Crippen LogP) is 3.69. The Morgan fingerprint density at radius 3 is 2.84 bits per heavy atom. The standard InChI is InChI=1S/C16H19N3/c1-19-15-8-7-12(9-10-17)11-14(15)18-16(19)13-5-3-2-4-6-13/h7-8,11,13H,2-6,9H2,1H3. The summed E-state index contributed by atoms with van der Waals surface area (Å²) in [5.41, 5.74) is 3.28. The fourth-order valence-corrected chi connectivity index (χ4v) is 3.19. The van der Waals surface area contributed by atoms with E-state index in [0.717, 1.165) is 11.1 Å². The van der Waals surface area contributed by atoms with E-state index in [9.17, 15) is 0 Å². The molecule has 0 unspecified atom stereocenters. The largest absolute Gasteiger partial charge is 0.331 e. The van der Waals surface area contributed by atoms with Crippen molar-refractivity contribution in [2.45, 2.75) is 44.4 Å². The van der Waals surface area contributed by atoms with Crippen molar-refractivity contribution in [2.75, 3.05) is 0 Å². The van der Waals surface area contributed by atoms with Crippen molar-refractivity contribution in [3.05, 3.63) is 29.6 Å². The van der Waals surface area contributed by atoms with Crippen LogP contribution < -0.4 is 0 Å². The van der Waals surface area contributed by atoms with Crippen molar-refractivity contribution in [2.24, 2.45) is 7.05 Å². The molecule has 0 spiro atoms. The van der Waals surface area contributed by atoms with Crippen LogP contribution in [0.2, 0.25) is 0 Å². The van der Waals surface area contributed by atoms with Gasteiger partial charge in [-0.2, -0.15) is 5.26 Å². The molecule has 1 aromatic heterocycles. The number of aromatic nitrogens is 2. The maximum absolute atomic E-state index is 8.78. The number of hydrogen-bond donors (Lipinski definition) is 0. The van der Waals surface area contributed by atoms with Gasteiger partial charge in [-0.25, -0.2) is 4.98 Å². The zero-order valence-electron chi connectivity index (χ0n) is 11.4. The average molecular weight is 253 g/mol. The lowest BCUT2D eigenvalue weighted by Crippen LogP contribution is -2.09. The second kappa shape index (κ2) is 5.05. The Morgan fingerprint density at radius 2 is 2.11 bits per heavy atom. The van der Waals surface area contributed by atoms with Gasteiger partial charge in [0, 0.05) is 13.0 Å². The first-order valence-corrected chi connectivity index (χ1v) is 7.12. The molecule has 19 heavy (non-hydrogen) atoms. The number of rotatable bonds is 2. The van der Waals surface area contributed by atoms with Gasteiger partial charge in [0.05, 0.1) is 23.5 Å². The van der Waals surface area contributed by atoms with Crippen LogP contribution in [-0.2, 0) is 13.5 Å². The number of nitrogens with zero attached hydrogens (tertiary/aromatic N) is 3. The summed E-state index contributed by atoms with van der Waals surface area (Å²) < 4.78 is 2.24. The molecule has 1 aliphatic carbocycles. The van der Waals surface area contributed by atoms with Gasteiger partial charge in [-0.3, -0.25) is 0 Å². The monoisotopic (exact) mass is 253 g/mol. The highest BCUT2D eigenvalue weighted by Gasteiger charge is 2.21. The third-order valence-electron chi connectivity index (χ3n) is 4.23. The maximum atomic E-state index is 8.78. The fraction of sp³-hybridized carbons (Fsp3) is 0.500. The number of benzene rings is 1. The molecule has 1 saturated carbocycles. The smallest absolute Gasteiger partial charge is 0.112 e. The molecule has 1 aromatic carbocycles. The van der Waals surface area contributed by atoms with Crippen LogP contribution in [0.3, 0.4) is 0 Å². The fourth-order valence-electron chi connectivity index (χ4n) is 3.19. The Balaban J connectivity index is 2.01. The summed E-state index contributed by atoms with van der Waals surface area (Å²) in [4.78, 5) is 4.83. The van der Waals surface area contributed by atoms with Gasteiger partial charge in [0.2, 0.25) is 0 Å². The van der Waals surface area contributed by atoms with E-state index in [1.54, 1.807) is 0 Å². The zero-order chi connectivity index (χ0) is 13.2. The quantitative estimate of drug-likeness (QED) is 0.819. The molecule has 0 radical (unpaired) electrons. The van der Waals surface area contributed by atoms with Crippen molar-refractivity contribution in [1.82, 2.24) is 9.55 Å². The second-order valence-corrected chi connectivity index (χ2v) is 5.52. The van der Waals surface area contributed by atoms with Gasteiger partial charge in [-0.15, -0.1) is 0 Å². The van der Waals surface area contributed by atoms with Gasteiger partial charge in [0.25, 0.3) is 0 Å². The van der Waals surface area contributed by atoms with Crippen molar-refractivity contribution in [3.63, 3.8) is 0 Å². The first-order chi connectivity index (χ1) is 9.29. The number of aryl methyl sites for hydroxylation is 1. The van der Waals surface area contributed by atoms with Crippen LogP contribution in [0.4, 0.5) is 0 Å². The Hall–Kier alpha value is -1.82. The lowest BCUT2D eigenvalue weighted by atomic mass is 9.89. The molecule has 3 heteroatoms. The van der Waals surface area contributed by atoms with Crippen LogP contribution in [0.1, 0.15) is 49.4 Å². The van der Waals surface area contributed by atoms with Gasteiger partial charge in [-0.05, 0) is 30.5 Å². The molecule has 0 atom stereocenters. The highest BCUT2D eigenvalue weighted by molar-refractivity contribution is 5.77. The third-order valence-corrected chi connectivity index (χ3v) is 4.23. The minimum atomic E-state index is 0.464. The summed E-state index contributed by atoms with van der Waals surface area (Å²) >= 11 is 0. The highest BCUT2D eigenvalue weighted by Crippen LogP contribution is 2.33. The Bertz CT molecular complexity index is 627. The van der Waals surface area contributed by atoms with Crippen molar-refractivity contribution >= 4 is 11.0 Å². The van der Waals surface area contributed by atoms with Crippen LogP contribution in [0.15, 0.2) is 18.2 Å². The van der Waals surface area contributed by atoms with Gasteiger partial charge in [0.15, 0.2) is 0 Å². The lowest BCUT2D eigenvalue weighted by molar-refractivity contribution is 0.423.